The zero-order chi connectivity index (χ0) is 30.2. The van der Waals surface area contributed by atoms with Crippen LogP contribution in [0.1, 0.15) is 121 Å². The number of esters is 1. The van der Waals surface area contributed by atoms with Crippen molar-refractivity contribution in [2.24, 2.45) is 17.3 Å². The second-order valence-electron chi connectivity index (χ2n) is 13.1. The van der Waals surface area contributed by atoms with Gasteiger partial charge in [-0.15, -0.1) is 0 Å². The third-order valence-corrected chi connectivity index (χ3v) is 10.7. The van der Waals surface area contributed by atoms with Crippen molar-refractivity contribution in [3.8, 4) is 5.75 Å². The Balaban J connectivity index is -0.000000562. The first-order chi connectivity index (χ1) is 20.1. The summed E-state index contributed by atoms with van der Waals surface area (Å²) in [6, 6.07) is 6.15. The summed E-state index contributed by atoms with van der Waals surface area (Å²) in [7, 11) is -3.40. The Morgan fingerprint density at radius 1 is 0.882 bits per heavy atom. The van der Waals surface area contributed by atoms with E-state index >= 15 is 0 Å². The van der Waals surface area contributed by atoms with Gasteiger partial charge in [-0.2, -0.15) is 0 Å². The van der Waals surface area contributed by atoms with Crippen molar-refractivity contribution in [1.29, 1.82) is 0 Å². The quantitative estimate of drug-likeness (QED) is 0.105. The number of carbonyl (C=O) groups excluding carboxylic acids is 2. The minimum absolute atomic E-state index is 0. The topological polar surface area (TPSA) is 111 Å². The molecule has 2 N–H and O–H groups in total. The van der Waals surface area contributed by atoms with Crippen LogP contribution in [0.5, 0.6) is 5.75 Å². The maximum absolute atomic E-state index is 12.6. The van der Waals surface area contributed by atoms with Crippen LogP contribution >= 0.6 is 7.60 Å². The standard InChI is InChI=1S/C33H52NO7P.9Y/c1-4-5-6-9-12-31(35)41-30-18-17-29-28-15-13-24-23-25(14-16-26(24)27(28)19-20-33(29,30)2)40-32(36)34-21-10-7-8-11-22-39-42(3,37)38;;;;;;;;;/h14,16,23,27-30H,4-13,15,17-22H2,1-3H3,(H,34,36)(H,37,38);;;;;;;;;/t27-,28-,29+,30+,33+;;;;;;;;;/m1........./s1. The normalized spacial score (nSPS) is 22.8. The van der Waals surface area contributed by atoms with Gasteiger partial charge in [-0.1, -0.05) is 52.0 Å². The van der Waals surface area contributed by atoms with Gasteiger partial charge < -0.3 is 24.2 Å². The van der Waals surface area contributed by atoms with Crippen LogP contribution < -0.4 is 10.1 Å². The van der Waals surface area contributed by atoms with Crippen LogP contribution in [0.4, 0.5) is 4.79 Å². The molecule has 0 heterocycles. The van der Waals surface area contributed by atoms with E-state index in [0.29, 0.717) is 42.9 Å². The number of nitrogens with one attached hydrogen (secondary N) is 1. The molecule has 4 rings (SSSR count). The van der Waals surface area contributed by atoms with Gasteiger partial charge in [-0.25, -0.2) is 4.79 Å². The molecule has 0 spiro atoms. The molecule has 9 radical (unpaired) electrons. The van der Waals surface area contributed by atoms with Gasteiger partial charge in [0.1, 0.15) is 11.9 Å². The van der Waals surface area contributed by atoms with Gasteiger partial charge in [-0.05, 0) is 98.8 Å². The van der Waals surface area contributed by atoms with Crippen molar-refractivity contribution in [1.82, 2.24) is 5.32 Å². The Kier molecular flexibility index (Phi) is 51.9. The number of amides is 1. The Labute approximate surface area is 534 Å². The van der Waals surface area contributed by atoms with Crippen molar-refractivity contribution in [3.63, 3.8) is 0 Å². The van der Waals surface area contributed by atoms with Crippen LogP contribution in [0.25, 0.3) is 0 Å². The molecule has 0 bridgehead atoms. The summed E-state index contributed by atoms with van der Waals surface area (Å²) in [6.45, 7) is 6.54. The summed E-state index contributed by atoms with van der Waals surface area (Å²) in [5.41, 5.74) is 2.77. The molecule has 3 aliphatic carbocycles. The molecular formula is C33H52NO7PY9. The first-order valence-electron chi connectivity index (χ1n) is 16.3. The first-order valence-corrected chi connectivity index (χ1v) is 18.4. The summed E-state index contributed by atoms with van der Waals surface area (Å²) in [6.07, 6.45) is 14.3. The molecule has 8 nitrogen and oxygen atoms in total. The summed E-state index contributed by atoms with van der Waals surface area (Å²) < 4.78 is 27.7. The largest absolute Gasteiger partial charge is 0.462 e. The molecular weight excluding hydrogens is 1350 g/mol. The van der Waals surface area contributed by atoms with Crippen LogP contribution in [0.2, 0.25) is 0 Å². The number of unbranched alkanes of at least 4 members (excludes halogenated alkanes) is 6. The predicted octanol–water partition coefficient (Wildman–Crippen LogP) is 7.88. The SMILES string of the molecule is CCCCCCC(=O)O[C@H]1CC[C@H]2[C@@H]3CCc4cc(OC(=O)NCCCCCCOP(C)(=O)O)ccc4[C@H]3CC[C@]12C.[Y].[Y].[Y].[Y].[Y].[Y].[Y].[Y].[Y]. The smallest absolute Gasteiger partial charge is 0.412 e. The number of benzene rings is 1. The van der Waals surface area contributed by atoms with E-state index in [1.807, 2.05) is 12.1 Å². The maximum Gasteiger partial charge on any atom is 0.412 e. The van der Waals surface area contributed by atoms with E-state index in [1.54, 1.807) is 0 Å². The van der Waals surface area contributed by atoms with Crippen LogP contribution in [-0.4, -0.2) is 42.9 Å². The molecule has 1 amide bonds. The van der Waals surface area contributed by atoms with Crippen LogP contribution in [-0.2, 0) is 319 Å². The van der Waals surface area contributed by atoms with Crippen LogP contribution in [0.15, 0.2) is 18.2 Å². The molecule has 51 heavy (non-hydrogen) atoms. The number of hydrogen-bond donors (Lipinski definition) is 2. The van der Waals surface area contributed by atoms with Gasteiger partial charge in [0.05, 0.1) is 6.61 Å². The van der Waals surface area contributed by atoms with Crippen molar-refractivity contribution in [2.75, 3.05) is 19.8 Å². The summed E-state index contributed by atoms with van der Waals surface area (Å²) in [5.74, 6) is 2.29. The van der Waals surface area contributed by atoms with Gasteiger partial charge in [0.15, 0.2) is 0 Å². The Morgan fingerprint density at radius 3 is 2.18 bits per heavy atom. The molecule has 1 unspecified atom stereocenters. The number of aryl methyl sites for hydroxylation is 1. The van der Waals surface area contributed by atoms with Crippen molar-refractivity contribution >= 4 is 19.7 Å². The molecule has 1 aromatic carbocycles. The van der Waals surface area contributed by atoms with Crippen LogP contribution in [0.3, 0.4) is 0 Å². The number of rotatable bonds is 15. The molecule has 0 aromatic heterocycles. The monoisotopic (exact) mass is 1410 g/mol. The van der Waals surface area contributed by atoms with E-state index in [1.165, 1.54) is 30.6 Å². The van der Waals surface area contributed by atoms with E-state index < -0.39 is 13.7 Å². The number of carbonyl (C=O) groups is 2. The van der Waals surface area contributed by atoms with Gasteiger partial charge in [0.25, 0.3) is 0 Å². The Bertz CT molecular complexity index is 1140. The summed E-state index contributed by atoms with van der Waals surface area (Å²) in [4.78, 5) is 34.1. The van der Waals surface area contributed by atoms with Gasteiger partial charge >= 0.3 is 19.7 Å². The predicted molar refractivity (Wildman–Crippen MR) is 164 cm³/mol. The third-order valence-electron chi connectivity index (χ3n) is 10.0. The molecule has 1 aromatic rings. The summed E-state index contributed by atoms with van der Waals surface area (Å²) >= 11 is 0. The average molecular weight is 1410 g/mol. The average Bonchev–Trinajstić information content (AvgIpc) is 3.27. The number of fused-ring (bicyclic) bond motifs is 5. The number of ether oxygens (including phenoxy) is 2. The first kappa shape index (κ1) is 70.7. The van der Waals surface area contributed by atoms with E-state index in [-0.39, 0.29) is 318 Å². The molecule has 263 valence electrons. The summed E-state index contributed by atoms with van der Waals surface area (Å²) in [5, 5.41) is 2.82. The van der Waals surface area contributed by atoms with Gasteiger partial charge in [0.2, 0.25) is 0 Å². The molecule has 0 saturated heterocycles. The van der Waals surface area contributed by atoms with E-state index in [0.717, 1.165) is 70.6 Å². The number of hydrogen-bond acceptors (Lipinski definition) is 6. The van der Waals surface area contributed by atoms with Gasteiger partial charge in [-0.3, -0.25) is 9.36 Å². The molecule has 18 heteroatoms. The Morgan fingerprint density at radius 2 is 1.53 bits per heavy atom. The van der Waals surface area contributed by atoms with Crippen molar-refractivity contribution < 1.29 is 327 Å². The second kappa shape index (κ2) is 37.4. The third kappa shape index (κ3) is 24.1. The van der Waals surface area contributed by atoms with Crippen molar-refractivity contribution in [3.05, 3.63) is 29.3 Å². The fourth-order valence-electron chi connectivity index (χ4n) is 7.83. The Hall–Kier alpha value is 8.05. The van der Waals surface area contributed by atoms with E-state index in [4.69, 9.17) is 18.9 Å². The fourth-order valence-corrected chi connectivity index (χ4v) is 8.30. The molecule has 2 fully saturated rings. The van der Waals surface area contributed by atoms with E-state index in [9.17, 15) is 14.2 Å². The van der Waals surface area contributed by atoms with E-state index in [2.05, 4.69) is 25.2 Å². The maximum atomic E-state index is 12.6. The minimum Gasteiger partial charge on any atom is -0.462 e. The molecule has 3 aliphatic rings. The van der Waals surface area contributed by atoms with Crippen LogP contribution in [0, 0.1) is 17.3 Å². The molecule has 6 atom stereocenters. The fraction of sp³-hybridized carbons (Fsp3) is 0.758. The van der Waals surface area contributed by atoms with Crippen molar-refractivity contribution in [2.45, 2.75) is 122 Å². The molecule has 0 aliphatic heterocycles. The zero-order valence-corrected chi connectivity index (χ0v) is 57.5. The zero-order valence-electron chi connectivity index (χ0n) is 31.1. The van der Waals surface area contributed by atoms with Gasteiger partial charge in [0, 0.05) is 319 Å². The molecule has 2 saturated carbocycles. The minimum atomic E-state index is -3.40. The second-order valence-corrected chi connectivity index (χ2v) is 14.9.